The SMILES string of the molecule is COC1CCCN(c2nc(NN)cn3ccnc23)C1. The van der Waals surface area contributed by atoms with E-state index in [1.807, 2.05) is 16.8 Å². The number of methoxy groups -OCH3 is 1. The van der Waals surface area contributed by atoms with Crippen molar-refractivity contribution in [1.29, 1.82) is 0 Å². The minimum absolute atomic E-state index is 0.250. The molecule has 1 aliphatic heterocycles. The highest BCUT2D eigenvalue weighted by molar-refractivity contribution is 5.67. The Morgan fingerprint density at radius 2 is 2.42 bits per heavy atom. The number of imidazole rings is 1. The maximum atomic E-state index is 5.47. The summed E-state index contributed by atoms with van der Waals surface area (Å²) in [5.41, 5.74) is 3.44. The third-order valence-electron chi connectivity index (χ3n) is 3.52. The lowest BCUT2D eigenvalue weighted by molar-refractivity contribution is 0.0892. The van der Waals surface area contributed by atoms with Crippen LogP contribution < -0.4 is 16.2 Å². The summed E-state index contributed by atoms with van der Waals surface area (Å²) in [4.78, 5) is 11.1. The van der Waals surface area contributed by atoms with Crippen LogP contribution >= 0.6 is 0 Å². The zero-order chi connectivity index (χ0) is 13.2. The number of fused-ring (bicyclic) bond motifs is 1. The third-order valence-corrected chi connectivity index (χ3v) is 3.52. The zero-order valence-corrected chi connectivity index (χ0v) is 10.9. The summed E-state index contributed by atoms with van der Waals surface area (Å²) in [6, 6.07) is 0. The van der Waals surface area contributed by atoms with E-state index >= 15 is 0 Å². The van der Waals surface area contributed by atoms with Gasteiger partial charge < -0.3 is 19.5 Å². The molecule has 1 unspecified atom stereocenters. The number of hydrazine groups is 1. The number of nitrogens with zero attached hydrogens (tertiary/aromatic N) is 4. The van der Waals surface area contributed by atoms with Crippen molar-refractivity contribution in [2.45, 2.75) is 18.9 Å². The van der Waals surface area contributed by atoms with Gasteiger partial charge in [0.25, 0.3) is 0 Å². The number of nitrogen functional groups attached to an aromatic ring is 1. The molecule has 0 amide bonds. The number of nitrogens with one attached hydrogen (secondary N) is 1. The molecular weight excluding hydrogens is 244 g/mol. The van der Waals surface area contributed by atoms with Gasteiger partial charge in [-0.3, -0.25) is 0 Å². The van der Waals surface area contributed by atoms with E-state index in [4.69, 9.17) is 10.6 Å². The van der Waals surface area contributed by atoms with E-state index in [9.17, 15) is 0 Å². The summed E-state index contributed by atoms with van der Waals surface area (Å²) in [5.74, 6) is 6.95. The van der Waals surface area contributed by atoms with Crippen LogP contribution in [0.5, 0.6) is 0 Å². The molecule has 1 saturated heterocycles. The molecule has 3 N–H and O–H groups in total. The first-order chi connectivity index (χ1) is 9.31. The van der Waals surface area contributed by atoms with Gasteiger partial charge in [-0.05, 0) is 12.8 Å². The number of nitrogens with two attached hydrogens (primary N) is 1. The maximum Gasteiger partial charge on any atom is 0.180 e. The Balaban J connectivity index is 2.00. The Labute approximate surface area is 111 Å². The minimum Gasteiger partial charge on any atom is -0.380 e. The van der Waals surface area contributed by atoms with Crippen LogP contribution in [0.1, 0.15) is 12.8 Å². The largest absolute Gasteiger partial charge is 0.380 e. The molecule has 1 atom stereocenters. The molecule has 19 heavy (non-hydrogen) atoms. The molecule has 3 rings (SSSR count). The summed E-state index contributed by atoms with van der Waals surface area (Å²) in [7, 11) is 1.75. The number of piperidine rings is 1. The summed E-state index contributed by atoms with van der Waals surface area (Å²) in [6.07, 6.45) is 7.90. The van der Waals surface area contributed by atoms with E-state index in [2.05, 4.69) is 20.3 Å². The van der Waals surface area contributed by atoms with Crippen LogP contribution in [0.4, 0.5) is 11.6 Å². The number of ether oxygens (including phenoxy) is 1. The second-order valence-corrected chi connectivity index (χ2v) is 4.70. The first-order valence-electron chi connectivity index (χ1n) is 6.40. The molecule has 1 fully saturated rings. The highest BCUT2D eigenvalue weighted by atomic mass is 16.5. The number of anilines is 2. The van der Waals surface area contributed by atoms with Gasteiger partial charge in [0.15, 0.2) is 17.3 Å². The molecule has 7 heteroatoms. The molecule has 102 valence electrons. The molecule has 3 heterocycles. The Kier molecular flexibility index (Phi) is 3.22. The average molecular weight is 262 g/mol. The molecule has 7 nitrogen and oxygen atoms in total. The molecule has 0 aromatic carbocycles. The predicted molar refractivity (Wildman–Crippen MR) is 73.0 cm³/mol. The fourth-order valence-electron chi connectivity index (χ4n) is 2.52. The summed E-state index contributed by atoms with van der Waals surface area (Å²) in [5, 5.41) is 0. The van der Waals surface area contributed by atoms with Crippen molar-refractivity contribution >= 4 is 17.3 Å². The first-order valence-corrected chi connectivity index (χ1v) is 6.40. The van der Waals surface area contributed by atoms with Crippen molar-refractivity contribution in [3.8, 4) is 0 Å². The first kappa shape index (κ1) is 12.2. The molecule has 0 bridgehead atoms. The number of hydrogen-bond donors (Lipinski definition) is 2. The number of hydrogen-bond acceptors (Lipinski definition) is 6. The van der Waals surface area contributed by atoms with E-state index in [-0.39, 0.29) is 6.10 Å². The normalized spacial score (nSPS) is 19.9. The second kappa shape index (κ2) is 5.02. The number of rotatable bonds is 3. The monoisotopic (exact) mass is 262 g/mol. The lowest BCUT2D eigenvalue weighted by Gasteiger charge is -2.32. The minimum atomic E-state index is 0.250. The lowest BCUT2D eigenvalue weighted by Crippen LogP contribution is -2.40. The molecule has 2 aromatic heterocycles. The molecule has 0 spiro atoms. The average Bonchev–Trinajstić information content (AvgIpc) is 2.94. The van der Waals surface area contributed by atoms with Gasteiger partial charge in [-0.1, -0.05) is 0 Å². The molecule has 2 aromatic rings. The Bertz CT molecular complexity index is 568. The van der Waals surface area contributed by atoms with Crippen molar-refractivity contribution in [3.05, 3.63) is 18.6 Å². The van der Waals surface area contributed by atoms with Crippen LogP contribution in [0.15, 0.2) is 18.6 Å². The fourth-order valence-corrected chi connectivity index (χ4v) is 2.52. The standard InChI is InChI=1S/C12H18N6O/c1-19-9-3-2-5-17(7-9)12-11-14-4-6-18(11)8-10(15-12)16-13/h4,6,8-9,16H,2-3,5,7,13H2,1H3. The van der Waals surface area contributed by atoms with E-state index in [1.54, 1.807) is 13.3 Å². The Hall–Kier alpha value is -1.86. The van der Waals surface area contributed by atoms with E-state index in [1.165, 1.54) is 0 Å². The van der Waals surface area contributed by atoms with Gasteiger partial charge in [0.05, 0.1) is 12.3 Å². The van der Waals surface area contributed by atoms with Gasteiger partial charge in [-0.25, -0.2) is 15.8 Å². The van der Waals surface area contributed by atoms with Gasteiger partial charge in [0.2, 0.25) is 0 Å². The van der Waals surface area contributed by atoms with E-state index < -0.39 is 0 Å². The van der Waals surface area contributed by atoms with Gasteiger partial charge in [0.1, 0.15) is 0 Å². The molecular formula is C12H18N6O. The van der Waals surface area contributed by atoms with Gasteiger partial charge >= 0.3 is 0 Å². The molecule has 0 aliphatic carbocycles. The van der Waals surface area contributed by atoms with Crippen molar-refractivity contribution in [3.63, 3.8) is 0 Å². The number of aromatic nitrogens is 3. The van der Waals surface area contributed by atoms with Crippen LogP contribution in [0.2, 0.25) is 0 Å². The topological polar surface area (TPSA) is 80.7 Å². The lowest BCUT2D eigenvalue weighted by atomic mass is 10.1. The third kappa shape index (κ3) is 2.22. The van der Waals surface area contributed by atoms with Crippen LogP contribution in [-0.4, -0.2) is 40.7 Å². The van der Waals surface area contributed by atoms with E-state index in [0.29, 0.717) is 5.82 Å². The zero-order valence-electron chi connectivity index (χ0n) is 10.9. The Morgan fingerprint density at radius 1 is 1.53 bits per heavy atom. The maximum absolute atomic E-state index is 5.47. The molecule has 0 saturated carbocycles. The summed E-state index contributed by atoms with van der Waals surface area (Å²) in [6.45, 7) is 1.80. The highest BCUT2D eigenvalue weighted by Gasteiger charge is 2.23. The van der Waals surface area contributed by atoms with Crippen LogP contribution in [0, 0.1) is 0 Å². The van der Waals surface area contributed by atoms with Crippen molar-refractivity contribution < 1.29 is 4.74 Å². The predicted octanol–water partition coefficient (Wildman–Crippen LogP) is 0.630. The van der Waals surface area contributed by atoms with Crippen molar-refractivity contribution in [2.75, 3.05) is 30.5 Å². The second-order valence-electron chi connectivity index (χ2n) is 4.70. The van der Waals surface area contributed by atoms with Crippen LogP contribution in [0.25, 0.3) is 5.65 Å². The molecule has 0 radical (unpaired) electrons. The van der Waals surface area contributed by atoms with Crippen molar-refractivity contribution in [1.82, 2.24) is 14.4 Å². The highest BCUT2D eigenvalue weighted by Crippen LogP contribution is 2.24. The van der Waals surface area contributed by atoms with Gasteiger partial charge in [-0.2, -0.15) is 0 Å². The van der Waals surface area contributed by atoms with Gasteiger partial charge in [-0.15, -0.1) is 0 Å². The molecule has 1 aliphatic rings. The van der Waals surface area contributed by atoms with Crippen LogP contribution in [-0.2, 0) is 4.74 Å². The summed E-state index contributed by atoms with van der Waals surface area (Å²) < 4.78 is 7.38. The van der Waals surface area contributed by atoms with E-state index in [0.717, 1.165) is 37.4 Å². The smallest absolute Gasteiger partial charge is 0.180 e. The van der Waals surface area contributed by atoms with Crippen LogP contribution in [0.3, 0.4) is 0 Å². The fraction of sp³-hybridized carbons (Fsp3) is 0.500. The quantitative estimate of drug-likeness (QED) is 0.624. The Morgan fingerprint density at radius 3 is 3.21 bits per heavy atom. The van der Waals surface area contributed by atoms with Gasteiger partial charge in [0, 0.05) is 32.6 Å². The van der Waals surface area contributed by atoms with Crippen molar-refractivity contribution in [2.24, 2.45) is 5.84 Å². The summed E-state index contributed by atoms with van der Waals surface area (Å²) >= 11 is 0.